The van der Waals surface area contributed by atoms with Gasteiger partial charge in [-0.05, 0) is 6.07 Å². The predicted molar refractivity (Wildman–Crippen MR) is 55.3 cm³/mol. The number of nitrogens with two attached hydrogens (primary N) is 1. The molecule has 0 fully saturated rings. The minimum absolute atomic E-state index is 0.255. The second-order valence-corrected chi connectivity index (χ2v) is 3.25. The maximum atomic E-state index is 11.0. The van der Waals surface area contributed by atoms with Gasteiger partial charge in [0.25, 0.3) is 5.91 Å². The number of carbonyl (C=O) groups excluding carboxylic acids is 1. The molecule has 4 heteroatoms. The molecule has 0 atom stereocenters. The van der Waals surface area contributed by atoms with Crippen molar-refractivity contribution in [2.45, 2.75) is 0 Å². The van der Waals surface area contributed by atoms with Crippen LogP contribution in [0.15, 0.2) is 30.5 Å². The van der Waals surface area contributed by atoms with Gasteiger partial charge in [0.1, 0.15) is 0 Å². The SMILES string of the molecule is NC(=O)c1cnc2ccccc2c1Cl. The summed E-state index contributed by atoms with van der Waals surface area (Å²) in [5.41, 5.74) is 6.15. The number of hydrogen-bond acceptors (Lipinski definition) is 2. The van der Waals surface area contributed by atoms with Crippen LogP contribution in [0.25, 0.3) is 10.9 Å². The number of hydrogen-bond donors (Lipinski definition) is 1. The summed E-state index contributed by atoms with van der Waals surface area (Å²) in [5, 5.41) is 1.11. The van der Waals surface area contributed by atoms with Crippen LogP contribution in [0.2, 0.25) is 5.02 Å². The molecule has 0 radical (unpaired) electrons. The van der Waals surface area contributed by atoms with Crippen molar-refractivity contribution in [1.29, 1.82) is 0 Å². The molecule has 14 heavy (non-hydrogen) atoms. The van der Waals surface area contributed by atoms with Crippen LogP contribution >= 0.6 is 11.6 Å². The van der Waals surface area contributed by atoms with E-state index in [0.717, 1.165) is 10.9 Å². The van der Waals surface area contributed by atoms with E-state index in [4.69, 9.17) is 17.3 Å². The Bertz CT molecular complexity index is 510. The number of fused-ring (bicyclic) bond motifs is 1. The van der Waals surface area contributed by atoms with Crippen LogP contribution in [-0.2, 0) is 0 Å². The summed E-state index contributed by atoms with van der Waals surface area (Å²) in [4.78, 5) is 15.0. The molecule has 1 aromatic heterocycles. The lowest BCUT2D eigenvalue weighted by Crippen LogP contribution is -2.12. The number of aromatic nitrogens is 1. The monoisotopic (exact) mass is 206 g/mol. The first-order valence-corrected chi connectivity index (χ1v) is 4.41. The van der Waals surface area contributed by atoms with Crippen molar-refractivity contribution in [2.75, 3.05) is 0 Å². The van der Waals surface area contributed by atoms with Gasteiger partial charge in [0, 0.05) is 11.6 Å². The van der Waals surface area contributed by atoms with Crippen LogP contribution in [0, 0.1) is 0 Å². The number of para-hydroxylation sites is 1. The molecule has 0 spiro atoms. The third-order valence-electron chi connectivity index (χ3n) is 1.98. The molecule has 0 unspecified atom stereocenters. The molecule has 0 aliphatic heterocycles. The minimum atomic E-state index is -0.562. The Kier molecular flexibility index (Phi) is 2.09. The number of amides is 1. The zero-order valence-corrected chi connectivity index (χ0v) is 7.95. The summed E-state index contributed by atoms with van der Waals surface area (Å²) in [6.07, 6.45) is 1.40. The third kappa shape index (κ3) is 1.32. The third-order valence-corrected chi connectivity index (χ3v) is 2.38. The van der Waals surface area contributed by atoms with Gasteiger partial charge in [-0.2, -0.15) is 0 Å². The zero-order valence-electron chi connectivity index (χ0n) is 7.20. The van der Waals surface area contributed by atoms with E-state index in [1.807, 2.05) is 18.2 Å². The van der Waals surface area contributed by atoms with Gasteiger partial charge in [-0.25, -0.2) is 0 Å². The van der Waals surface area contributed by atoms with E-state index in [2.05, 4.69) is 4.98 Å². The number of nitrogens with zero attached hydrogens (tertiary/aromatic N) is 1. The van der Waals surface area contributed by atoms with Crippen molar-refractivity contribution < 1.29 is 4.79 Å². The molecule has 0 saturated carbocycles. The number of primary amides is 1. The van der Waals surface area contributed by atoms with Crippen molar-refractivity contribution in [3.63, 3.8) is 0 Å². The maximum absolute atomic E-state index is 11.0. The Balaban J connectivity index is 2.81. The lowest BCUT2D eigenvalue weighted by atomic mass is 10.1. The molecular weight excluding hydrogens is 200 g/mol. The number of pyridine rings is 1. The normalized spacial score (nSPS) is 10.4. The number of benzene rings is 1. The molecule has 2 N–H and O–H groups in total. The van der Waals surface area contributed by atoms with E-state index in [-0.39, 0.29) is 5.56 Å². The average Bonchev–Trinajstić information content (AvgIpc) is 2.18. The van der Waals surface area contributed by atoms with E-state index in [9.17, 15) is 4.79 Å². The molecule has 70 valence electrons. The van der Waals surface area contributed by atoms with Gasteiger partial charge in [0.05, 0.1) is 16.1 Å². The minimum Gasteiger partial charge on any atom is -0.366 e. The van der Waals surface area contributed by atoms with E-state index in [1.54, 1.807) is 6.07 Å². The fraction of sp³-hybridized carbons (Fsp3) is 0. The van der Waals surface area contributed by atoms with Gasteiger partial charge < -0.3 is 5.73 Å². The zero-order chi connectivity index (χ0) is 10.1. The molecule has 0 aliphatic carbocycles. The van der Waals surface area contributed by atoms with Crippen LogP contribution in [0.4, 0.5) is 0 Å². The van der Waals surface area contributed by atoms with E-state index in [0.29, 0.717) is 5.02 Å². The Labute approximate surface area is 85.5 Å². The largest absolute Gasteiger partial charge is 0.366 e. The summed E-state index contributed by atoms with van der Waals surface area (Å²) in [6, 6.07) is 7.32. The van der Waals surface area contributed by atoms with Crippen molar-refractivity contribution in [3.05, 3.63) is 41.0 Å². The first kappa shape index (κ1) is 8.97. The predicted octanol–water partition coefficient (Wildman–Crippen LogP) is 1.99. The van der Waals surface area contributed by atoms with Gasteiger partial charge in [-0.3, -0.25) is 9.78 Å². The van der Waals surface area contributed by atoms with Gasteiger partial charge in [-0.15, -0.1) is 0 Å². The van der Waals surface area contributed by atoms with Gasteiger partial charge in [-0.1, -0.05) is 29.8 Å². The van der Waals surface area contributed by atoms with Gasteiger partial charge >= 0.3 is 0 Å². The average molecular weight is 207 g/mol. The van der Waals surface area contributed by atoms with Crippen LogP contribution in [0.3, 0.4) is 0 Å². The van der Waals surface area contributed by atoms with E-state index >= 15 is 0 Å². The summed E-state index contributed by atoms with van der Waals surface area (Å²) >= 11 is 6.00. The van der Waals surface area contributed by atoms with Crippen molar-refractivity contribution >= 4 is 28.4 Å². The first-order valence-electron chi connectivity index (χ1n) is 4.03. The van der Waals surface area contributed by atoms with E-state index in [1.165, 1.54) is 6.20 Å². The highest BCUT2D eigenvalue weighted by Crippen LogP contribution is 2.24. The molecule has 2 aromatic rings. The summed E-state index contributed by atoms with van der Waals surface area (Å²) in [6.45, 7) is 0. The van der Waals surface area contributed by atoms with E-state index < -0.39 is 5.91 Å². The van der Waals surface area contributed by atoms with Gasteiger partial charge in [0.2, 0.25) is 0 Å². The molecular formula is C10H7ClN2O. The molecule has 0 saturated heterocycles. The Morgan fingerprint density at radius 3 is 2.79 bits per heavy atom. The summed E-state index contributed by atoms with van der Waals surface area (Å²) in [5.74, 6) is -0.562. The number of carbonyl (C=O) groups is 1. The second kappa shape index (κ2) is 3.27. The highest BCUT2D eigenvalue weighted by Gasteiger charge is 2.09. The van der Waals surface area contributed by atoms with Crippen LogP contribution < -0.4 is 5.73 Å². The van der Waals surface area contributed by atoms with Gasteiger partial charge in [0.15, 0.2) is 0 Å². The second-order valence-electron chi connectivity index (χ2n) is 2.87. The lowest BCUT2D eigenvalue weighted by Gasteiger charge is -2.02. The molecule has 1 heterocycles. The molecule has 0 bridgehead atoms. The Morgan fingerprint density at radius 1 is 1.36 bits per heavy atom. The summed E-state index contributed by atoms with van der Waals surface area (Å²) in [7, 11) is 0. The Hall–Kier alpha value is -1.61. The molecule has 3 nitrogen and oxygen atoms in total. The fourth-order valence-corrected chi connectivity index (χ4v) is 1.58. The highest BCUT2D eigenvalue weighted by atomic mass is 35.5. The molecule has 1 aromatic carbocycles. The quantitative estimate of drug-likeness (QED) is 0.776. The fourth-order valence-electron chi connectivity index (χ4n) is 1.28. The molecule has 0 aliphatic rings. The first-order chi connectivity index (χ1) is 6.70. The Morgan fingerprint density at radius 2 is 2.07 bits per heavy atom. The van der Waals surface area contributed by atoms with Crippen LogP contribution in [-0.4, -0.2) is 10.9 Å². The van der Waals surface area contributed by atoms with Crippen molar-refractivity contribution in [2.24, 2.45) is 5.73 Å². The summed E-state index contributed by atoms with van der Waals surface area (Å²) < 4.78 is 0. The van der Waals surface area contributed by atoms with Crippen LogP contribution in [0.1, 0.15) is 10.4 Å². The lowest BCUT2D eigenvalue weighted by molar-refractivity contribution is 0.100. The standard InChI is InChI=1S/C10H7ClN2O/c11-9-6-3-1-2-4-8(6)13-5-7(9)10(12)14/h1-5H,(H2,12,14). The van der Waals surface area contributed by atoms with Crippen molar-refractivity contribution in [1.82, 2.24) is 4.98 Å². The molecule has 2 rings (SSSR count). The molecule has 1 amide bonds. The maximum Gasteiger partial charge on any atom is 0.251 e. The topological polar surface area (TPSA) is 56.0 Å². The smallest absolute Gasteiger partial charge is 0.251 e. The number of halogens is 1. The van der Waals surface area contributed by atoms with Crippen molar-refractivity contribution in [3.8, 4) is 0 Å². The number of rotatable bonds is 1. The highest BCUT2D eigenvalue weighted by molar-refractivity contribution is 6.38. The van der Waals surface area contributed by atoms with Crippen LogP contribution in [0.5, 0.6) is 0 Å².